The Morgan fingerprint density at radius 3 is 1.41 bits per heavy atom. The Kier molecular flexibility index (Phi) is 19.1. The molecule has 0 radical (unpaired) electrons. The maximum absolute atomic E-state index is 13.7. The highest BCUT2D eigenvalue weighted by atomic mass is 31.2. The molecule has 0 bridgehead atoms. The van der Waals surface area contributed by atoms with Gasteiger partial charge in [0.1, 0.15) is 30.8 Å². The van der Waals surface area contributed by atoms with Crippen LogP contribution in [0.15, 0.2) is 183 Å². The molecular formula is C63H78N5O11PSi2. The summed E-state index contributed by atoms with van der Waals surface area (Å²) < 4.78 is 53.6. The summed E-state index contributed by atoms with van der Waals surface area (Å²) in [7, 11) is -8.79. The first-order valence-electron chi connectivity index (χ1n) is 28.2. The predicted octanol–water partition coefficient (Wildman–Crippen LogP) is 8.19. The van der Waals surface area contributed by atoms with Gasteiger partial charge in [-0.05, 0) is 50.2 Å². The molecule has 2 fully saturated rings. The first kappa shape index (κ1) is 60.6. The Morgan fingerprint density at radius 2 is 0.988 bits per heavy atom. The summed E-state index contributed by atoms with van der Waals surface area (Å²) in [6, 6.07) is 51.3. The fraction of sp³-hybridized carbons (Fsp3) is 0.397. The summed E-state index contributed by atoms with van der Waals surface area (Å²) in [5.41, 5.74) is -0.618. The van der Waals surface area contributed by atoms with Crippen LogP contribution in [-0.2, 0) is 31.9 Å². The lowest BCUT2D eigenvalue weighted by molar-refractivity contribution is -0.0535. The minimum Gasteiger partial charge on any atom is -0.405 e. The molecule has 2 aliphatic heterocycles. The van der Waals surface area contributed by atoms with E-state index in [0.29, 0.717) is 17.7 Å². The zero-order valence-electron chi connectivity index (χ0n) is 48.6. The van der Waals surface area contributed by atoms with Crippen molar-refractivity contribution in [1.82, 2.24) is 24.4 Å². The van der Waals surface area contributed by atoms with Crippen molar-refractivity contribution in [2.45, 2.75) is 141 Å². The van der Waals surface area contributed by atoms with E-state index >= 15 is 0 Å². The fourth-order valence-corrected chi connectivity index (χ4v) is 22.0. The first-order chi connectivity index (χ1) is 39.2. The minimum atomic E-state index is -3.27. The van der Waals surface area contributed by atoms with Crippen molar-refractivity contribution in [2.24, 2.45) is 0 Å². The van der Waals surface area contributed by atoms with Crippen molar-refractivity contribution in [3.8, 4) is 0 Å². The monoisotopic (exact) mass is 1170 g/mol. The van der Waals surface area contributed by atoms with Crippen molar-refractivity contribution in [3.63, 3.8) is 0 Å². The van der Waals surface area contributed by atoms with Crippen LogP contribution in [0.2, 0.25) is 10.1 Å². The average Bonchev–Trinajstić information content (AvgIpc) is 2.10. The molecule has 2 aliphatic rings. The number of rotatable bonds is 22. The van der Waals surface area contributed by atoms with Gasteiger partial charge in [-0.1, -0.05) is 207 Å². The Hall–Kier alpha value is -6.00. The number of H-pyrrole nitrogens is 2. The van der Waals surface area contributed by atoms with E-state index in [-0.39, 0.29) is 37.1 Å². The van der Waals surface area contributed by atoms with Gasteiger partial charge in [0.05, 0.1) is 25.4 Å². The molecule has 1 unspecified atom stereocenters. The maximum Gasteiger partial charge on any atom is 0.333 e. The van der Waals surface area contributed by atoms with Gasteiger partial charge in [0, 0.05) is 48.9 Å². The van der Waals surface area contributed by atoms with Crippen molar-refractivity contribution >= 4 is 46.0 Å². The zero-order chi connectivity index (χ0) is 58.4. The zero-order valence-corrected chi connectivity index (χ0v) is 51.5. The molecule has 434 valence electrons. The SMILES string of the molecule is Cc1cn([C@H]2C[C@H](OP(OC[C@H]3O[C@@H](n4cc(C)c(=O)[nH]c4=O)C[C@@H]3O[Si](c3ccccc3)(c3ccccc3)C(C)(C)C)O[C@@H](CNC(C)C)c3ccccc3)[C@@H](CO[Si](c3ccccc3)(c3ccccc3)C(C)(C)C)O2)c(=O)[nH]c1=O. The lowest BCUT2D eigenvalue weighted by Gasteiger charge is -2.45. The number of nitrogens with one attached hydrogen (secondary N) is 3. The molecule has 4 heterocycles. The number of nitrogens with zero attached hydrogens (tertiary/aromatic N) is 2. The third-order valence-electron chi connectivity index (χ3n) is 15.6. The molecular weight excluding hydrogens is 1090 g/mol. The second kappa shape index (κ2) is 25.9. The summed E-state index contributed by atoms with van der Waals surface area (Å²) >= 11 is 0. The van der Waals surface area contributed by atoms with Gasteiger partial charge in [0.25, 0.3) is 27.8 Å². The van der Waals surface area contributed by atoms with Gasteiger partial charge < -0.3 is 37.2 Å². The van der Waals surface area contributed by atoms with Gasteiger partial charge in [-0.3, -0.25) is 28.7 Å². The average molecular weight is 1170 g/mol. The fourth-order valence-electron chi connectivity index (χ4n) is 11.4. The van der Waals surface area contributed by atoms with Crippen molar-refractivity contribution < 1.29 is 31.9 Å². The molecule has 3 N–H and O–H groups in total. The largest absolute Gasteiger partial charge is 0.405 e. The van der Waals surface area contributed by atoms with Crippen LogP contribution < -0.4 is 48.6 Å². The number of hydrogen-bond donors (Lipinski definition) is 3. The molecule has 19 heteroatoms. The third-order valence-corrected chi connectivity index (χ3v) is 26.9. The van der Waals surface area contributed by atoms with E-state index in [9.17, 15) is 19.2 Å². The van der Waals surface area contributed by atoms with Crippen LogP contribution >= 0.6 is 8.60 Å². The van der Waals surface area contributed by atoms with E-state index in [2.05, 4.69) is 119 Å². The van der Waals surface area contributed by atoms with Gasteiger partial charge >= 0.3 is 20.0 Å². The smallest absolute Gasteiger partial charge is 0.333 e. The molecule has 9 rings (SSSR count). The lowest BCUT2D eigenvalue weighted by Crippen LogP contribution is -2.68. The Morgan fingerprint density at radius 1 is 0.585 bits per heavy atom. The Labute approximate surface area is 483 Å². The number of ether oxygens (including phenoxy) is 2. The second-order valence-electron chi connectivity index (χ2n) is 23.7. The van der Waals surface area contributed by atoms with Crippen molar-refractivity contribution in [1.29, 1.82) is 0 Å². The quantitative estimate of drug-likeness (QED) is 0.0437. The van der Waals surface area contributed by atoms with Crippen LogP contribution in [0, 0.1) is 13.8 Å². The standard InChI is InChI=1S/C63H78N5O11PSi2/c1-43(2)64-38-53(46-26-16-11-17-27-46)78-80(73-41-54-52(37-57(75-54)68-40-45(4)59(70)66-61(68)72)79-82(63(8,9)10,49-32-22-14-23-33-49)50-34-24-15-25-35-50)77-51-36-56(67-39-44(3)58(69)65-60(67)71)76-55(51)42-74-81(62(5,6)7,47-28-18-12-19-29-47)48-30-20-13-21-31-48/h11-35,39-40,43,51-57,64H,36-38,41-42H2,1-10H3,(H,65,69,71)(H,66,70,72)/t51-,52-,53-,54+,55+,56+,57+,80?/m0/s1. The predicted molar refractivity (Wildman–Crippen MR) is 326 cm³/mol. The van der Waals surface area contributed by atoms with E-state index < -0.39 is 95.7 Å². The molecule has 0 aliphatic carbocycles. The molecule has 8 atom stereocenters. The summed E-state index contributed by atoms with van der Waals surface area (Å²) in [6.07, 6.45) is -1.94. The van der Waals surface area contributed by atoms with Crippen LogP contribution in [0.3, 0.4) is 0 Å². The van der Waals surface area contributed by atoms with Gasteiger partial charge in [-0.25, -0.2) is 9.59 Å². The maximum atomic E-state index is 13.7. The molecule has 2 saturated heterocycles. The van der Waals surface area contributed by atoms with E-state index in [0.717, 1.165) is 26.3 Å². The molecule has 2 aromatic heterocycles. The van der Waals surface area contributed by atoms with Gasteiger partial charge in [-0.2, -0.15) is 0 Å². The minimum absolute atomic E-state index is 0.0564. The molecule has 7 aromatic rings. The van der Waals surface area contributed by atoms with Crippen LogP contribution in [0.1, 0.15) is 103 Å². The highest BCUT2D eigenvalue weighted by Gasteiger charge is 2.55. The molecule has 0 saturated carbocycles. The molecule has 82 heavy (non-hydrogen) atoms. The number of aromatic amines is 2. The third kappa shape index (κ3) is 13.2. The Balaban J connectivity index is 1.13. The summed E-state index contributed by atoms with van der Waals surface area (Å²) in [5, 5.41) is 7.03. The number of aromatic nitrogens is 4. The molecule has 0 amide bonds. The van der Waals surface area contributed by atoms with Gasteiger partial charge in [0.15, 0.2) is 0 Å². The van der Waals surface area contributed by atoms with Crippen LogP contribution in [0.5, 0.6) is 0 Å². The van der Waals surface area contributed by atoms with E-state index in [1.165, 1.54) is 21.5 Å². The molecule has 0 spiro atoms. The second-order valence-corrected chi connectivity index (χ2v) is 33.4. The normalized spacial score (nSPS) is 20.5. The van der Waals surface area contributed by atoms with Crippen LogP contribution in [0.4, 0.5) is 0 Å². The van der Waals surface area contributed by atoms with E-state index in [1.807, 2.05) is 103 Å². The van der Waals surface area contributed by atoms with E-state index in [1.54, 1.807) is 13.8 Å². The van der Waals surface area contributed by atoms with Crippen molar-refractivity contribution in [2.75, 3.05) is 19.8 Å². The first-order valence-corrected chi connectivity index (χ1v) is 33.1. The van der Waals surface area contributed by atoms with Gasteiger partial charge in [-0.15, -0.1) is 0 Å². The number of benzene rings is 5. The van der Waals surface area contributed by atoms with E-state index in [4.69, 9.17) is 31.9 Å². The summed E-state index contributed by atoms with van der Waals surface area (Å²) in [6.45, 7) is 21.0. The summed E-state index contributed by atoms with van der Waals surface area (Å²) in [5.74, 6) is 0. The number of hydrogen-bond acceptors (Lipinski definition) is 12. The van der Waals surface area contributed by atoms with Gasteiger partial charge in [0.2, 0.25) is 0 Å². The topological polar surface area (TPSA) is 186 Å². The van der Waals surface area contributed by atoms with Crippen LogP contribution in [-0.4, -0.2) is 86.0 Å². The molecule has 5 aromatic carbocycles. The highest BCUT2D eigenvalue weighted by molar-refractivity contribution is 7.41. The number of aryl methyl sites for hydroxylation is 2. The lowest BCUT2D eigenvalue weighted by atomic mass is 10.1. The Bertz CT molecular complexity index is 3370. The van der Waals surface area contributed by atoms with Crippen LogP contribution in [0.25, 0.3) is 0 Å². The molecule has 16 nitrogen and oxygen atoms in total. The highest BCUT2D eigenvalue weighted by Crippen LogP contribution is 2.51. The summed E-state index contributed by atoms with van der Waals surface area (Å²) in [4.78, 5) is 57.9. The van der Waals surface area contributed by atoms with Crippen molar-refractivity contribution in [3.05, 3.63) is 222 Å².